The second-order valence-corrected chi connectivity index (χ2v) is 5.82. The van der Waals surface area contributed by atoms with Crippen LogP contribution in [-0.4, -0.2) is 11.1 Å². The van der Waals surface area contributed by atoms with Crippen LogP contribution in [0.3, 0.4) is 0 Å². The maximum Gasteiger partial charge on any atom is 0.328 e. The van der Waals surface area contributed by atoms with Crippen LogP contribution in [0.25, 0.3) is 0 Å². The van der Waals surface area contributed by atoms with Crippen molar-refractivity contribution in [3.63, 3.8) is 0 Å². The summed E-state index contributed by atoms with van der Waals surface area (Å²) in [5, 5.41) is 8.41. The fourth-order valence-electron chi connectivity index (χ4n) is 2.16. The van der Waals surface area contributed by atoms with Gasteiger partial charge in [-0.05, 0) is 44.9 Å². The Morgan fingerprint density at radius 1 is 0.708 bits per heavy atom. The molecule has 0 aromatic heterocycles. The average Bonchev–Trinajstić information content (AvgIpc) is 2.56. The van der Waals surface area contributed by atoms with Gasteiger partial charge in [-0.3, -0.25) is 0 Å². The van der Waals surface area contributed by atoms with Gasteiger partial charge < -0.3 is 5.11 Å². The highest BCUT2D eigenvalue weighted by atomic mass is 16.4. The zero-order chi connectivity index (χ0) is 17.7. The van der Waals surface area contributed by atoms with Crippen LogP contribution in [0.5, 0.6) is 0 Å². The molecule has 0 aromatic carbocycles. The van der Waals surface area contributed by atoms with Crippen molar-refractivity contribution in [3.8, 4) is 0 Å². The van der Waals surface area contributed by atoms with E-state index in [1.54, 1.807) is 6.08 Å². The highest BCUT2D eigenvalue weighted by Crippen LogP contribution is 2.05. The number of unbranched alkanes of at least 4 members (excludes halogenated alkanes) is 7. The van der Waals surface area contributed by atoms with Gasteiger partial charge in [0.05, 0.1) is 0 Å². The van der Waals surface area contributed by atoms with Gasteiger partial charge in [-0.2, -0.15) is 0 Å². The third-order valence-corrected chi connectivity index (χ3v) is 3.53. The van der Waals surface area contributed by atoms with Crippen molar-refractivity contribution in [1.29, 1.82) is 0 Å². The Balaban J connectivity index is 3.38. The van der Waals surface area contributed by atoms with Crippen molar-refractivity contribution >= 4 is 5.97 Å². The topological polar surface area (TPSA) is 37.3 Å². The van der Waals surface area contributed by atoms with Crippen LogP contribution in [0.4, 0.5) is 0 Å². The molecule has 0 fully saturated rings. The summed E-state index contributed by atoms with van der Waals surface area (Å²) < 4.78 is 0. The maximum atomic E-state index is 10.2. The Labute approximate surface area is 148 Å². The smallest absolute Gasteiger partial charge is 0.328 e. The summed E-state index contributed by atoms with van der Waals surface area (Å²) in [6.45, 7) is 2.24. The summed E-state index contributed by atoms with van der Waals surface area (Å²) in [7, 11) is 0. The third kappa shape index (κ3) is 20.2. The zero-order valence-corrected chi connectivity index (χ0v) is 15.2. The molecule has 0 atom stereocenters. The quantitative estimate of drug-likeness (QED) is 0.156. The van der Waals surface area contributed by atoms with Gasteiger partial charge in [0, 0.05) is 6.08 Å². The standard InChI is InChI=1S/C22H34O2/c1-2-3-4-5-6-7-8-9-10-11-12-13-14-15-16-17-18-19-20-21-22(23)24/h6-7,9-10,16-21H,2-5,8,11-15H2,1H3,(H,23,24)/b7-6+,10-9-,17-16?,19-18?,21-20-. The Bertz CT molecular complexity index is 425. The first kappa shape index (κ1) is 22.2. The average molecular weight is 331 g/mol. The molecule has 0 saturated heterocycles. The van der Waals surface area contributed by atoms with Gasteiger partial charge in [-0.15, -0.1) is 0 Å². The molecule has 0 aliphatic heterocycles. The van der Waals surface area contributed by atoms with E-state index in [1.165, 1.54) is 57.4 Å². The van der Waals surface area contributed by atoms with Crippen LogP contribution in [0.1, 0.15) is 71.1 Å². The highest BCUT2D eigenvalue weighted by Gasteiger charge is 1.85. The first-order valence-electron chi connectivity index (χ1n) is 9.30. The molecule has 0 rings (SSSR count). The van der Waals surface area contributed by atoms with Crippen molar-refractivity contribution < 1.29 is 9.90 Å². The van der Waals surface area contributed by atoms with E-state index in [2.05, 4.69) is 37.3 Å². The summed E-state index contributed by atoms with van der Waals surface area (Å²) in [5.41, 5.74) is 0. The molecular formula is C22H34O2. The Hall–Kier alpha value is -1.83. The summed E-state index contributed by atoms with van der Waals surface area (Å²) in [6, 6.07) is 0. The first-order valence-corrected chi connectivity index (χ1v) is 9.30. The second kappa shape index (κ2) is 19.2. The number of carboxylic acid groups (broad SMARTS) is 1. The van der Waals surface area contributed by atoms with Crippen LogP contribution < -0.4 is 0 Å². The summed E-state index contributed by atoms with van der Waals surface area (Å²) in [4.78, 5) is 10.2. The van der Waals surface area contributed by atoms with E-state index in [4.69, 9.17) is 5.11 Å². The SMILES string of the molecule is CCCCC/C=C/C/C=C\CCCCCC=CC=C/C=C\C(=O)O. The van der Waals surface area contributed by atoms with E-state index in [0.29, 0.717) is 0 Å². The second-order valence-electron chi connectivity index (χ2n) is 5.82. The number of hydrogen-bond acceptors (Lipinski definition) is 1. The number of carboxylic acids is 1. The number of carbonyl (C=O) groups is 1. The summed E-state index contributed by atoms with van der Waals surface area (Å²) >= 11 is 0. The van der Waals surface area contributed by atoms with Crippen LogP contribution in [-0.2, 0) is 4.79 Å². The van der Waals surface area contributed by atoms with Crippen LogP contribution in [0.15, 0.2) is 60.8 Å². The lowest BCUT2D eigenvalue weighted by atomic mass is 10.1. The highest BCUT2D eigenvalue weighted by molar-refractivity contribution is 5.80. The van der Waals surface area contributed by atoms with Gasteiger partial charge in [0.2, 0.25) is 0 Å². The van der Waals surface area contributed by atoms with Crippen LogP contribution >= 0.6 is 0 Å². The molecule has 134 valence electrons. The molecule has 0 bridgehead atoms. The Morgan fingerprint density at radius 2 is 1.29 bits per heavy atom. The van der Waals surface area contributed by atoms with Gasteiger partial charge in [0.1, 0.15) is 0 Å². The lowest BCUT2D eigenvalue weighted by Crippen LogP contribution is -1.84. The van der Waals surface area contributed by atoms with Crippen LogP contribution in [0, 0.1) is 0 Å². The van der Waals surface area contributed by atoms with E-state index in [0.717, 1.165) is 18.9 Å². The first-order chi connectivity index (χ1) is 11.8. The van der Waals surface area contributed by atoms with Crippen LogP contribution in [0.2, 0.25) is 0 Å². The molecule has 0 aliphatic carbocycles. The van der Waals surface area contributed by atoms with E-state index in [-0.39, 0.29) is 0 Å². The normalized spacial score (nSPS) is 12.7. The molecule has 0 aliphatic rings. The minimum absolute atomic E-state index is 0.916. The summed E-state index contributed by atoms with van der Waals surface area (Å²) in [6.07, 6.45) is 31.7. The zero-order valence-electron chi connectivity index (χ0n) is 15.2. The maximum absolute atomic E-state index is 10.2. The lowest BCUT2D eigenvalue weighted by Gasteiger charge is -1.95. The summed E-state index contributed by atoms with van der Waals surface area (Å²) in [5.74, 6) is -0.916. The van der Waals surface area contributed by atoms with Crippen molar-refractivity contribution in [2.45, 2.75) is 71.1 Å². The van der Waals surface area contributed by atoms with Gasteiger partial charge in [-0.1, -0.05) is 80.9 Å². The Morgan fingerprint density at radius 3 is 1.92 bits per heavy atom. The van der Waals surface area contributed by atoms with E-state index >= 15 is 0 Å². The van der Waals surface area contributed by atoms with Crippen molar-refractivity contribution in [2.24, 2.45) is 0 Å². The van der Waals surface area contributed by atoms with Crippen molar-refractivity contribution in [2.75, 3.05) is 0 Å². The lowest BCUT2D eigenvalue weighted by molar-refractivity contribution is -0.131. The molecule has 2 nitrogen and oxygen atoms in total. The van der Waals surface area contributed by atoms with Gasteiger partial charge in [0.15, 0.2) is 0 Å². The van der Waals surface area contributed by atoms with E-state index in [1.807, 2.05) is 12.2 Å². The Kier molecular flexibility index (Phi) is 17.8. The molecular weight excluding hydrogens is 296 g/mol. The van der Waals surface area contributed by atoms with E-state index < -0.39 is 5.97 Å². The molecule has 0 unspecified atom stereocenters. The van der Waals surface area contributed by atoms with Crippen molar-refractivity contribution in [1.82, 2.24) is 0 Å². The number of aliphatic carboxylic acids is 1. The molecule has 0 saturated carbocycles. The van der Waals surface area contributed by atoms with Gasteiger partial charge >= 0.3 is 5.97 Å². The minimum atomic E-state index is -0.916. The predicted molar refractivity (Wildman–Crippen MR) is 105 cm³/mol. The molecule has 0 heterocycles. The fraction of sp³-hybridized carbons (Fsp3) is 0.500. The van der Waals surface area contributed by atoms with Gasteiger partial charge in [0.25, 0.3) is 0 Å². The molecule has 2 heteroatoms. The van der Waals surface area contributed by atoms with Crippen molar-refractivity contribution in [3.05, 3.63) is 60.8 Å². The molecule has 24 heavy (non-hydrogen) atoms. The number of allylic oxidation sites excluding steroid dienone is 9. The number of rotatable bonds is 15. The molecule has 0 amide bonds. The largest absolute Gasteiger partial charge is 0.478 e. The monoisotopic (exact) mass is 330 g/mol. The molecule has 0 radical (unpaired) electrons. The molecule has 0 aromatic rings. The minimum Gasteiger partial charge on any atom is -0.478 e. The third-order valence-electron chi connectivity index (χ3n) is 3.53. The molecule has 0 spiro atoms. The fourth-order valence-corrected chi connectivity index (χ4v) is 2.16. The van der Waals surface area contributed by atoms with E-state index in [9.17, 15) is 4.79 Å². The number of hydrogen-bond donors (Lipinski definition) is 1. The molecule has 1 N–H and O–H groups in total. The predicted octanol–water partition coefficient (Wildman–Crippen LogP) is 6.77. The van der Waals surface area contributed by atoms with Gasteiger partial charge in [-0.25, -0.2) is 4.79 Å².